The van der Waals surface area contributed by atoms with Gasteiger partial charge in [0.25, 0.3) is 5.91 Å². The molecule has 2 atom stereocenters. The molecule has 200 valence electrons. The van der Waals surface area contributed by atoms with Gasteiger partial charge in [0.15, 0.2) is 11.7 Å². The summed E-state index contributed by atoms with van der Waals surface area (Å²) in [6.07, 6.45) is -0.140. The van der Waals surface area contributed by atoms with E-state index in [1.54, 1.807) is 62.4 Å². The summed E-state index contributed by atoms with van der Waals surface area (Å²) in [5, 5.41) is 35.7. The minimum atomic E-state index is -0.971. The fourth-order valence-electron chi connectivity index (χ4n) is 4.35. The third-order valence-electron chi connectivity index (χ3n) is 6.49. The number of nitrogens with one attached hydrogen (secondary N) is 3. The van der Waals surface area contributed by atoms with Crippen molar-refractivity contribution < 1.29 is 24.6 Å². The predicted octanol–water partition coefficient (Wildman–Crippen LogP) is 4.71. The van der Waals surface area contributed by atoms with Gasteiger partial charge in [-0.05, 0) is 42.0 Å². The average Bonchev–Trinajstić information content (AvgIpc) is 3.45. The number of rotatable bonds is 9. The third kappa shape index (κ3) is 5.94. The Labute approximate surface area is 229 Å². The van der Waals surface area contributed by atoms with Crippen LogP contribution in [0.5, 0.6) is 11.8 Å². The number of Topliss-reactive ketones (excluding diaryl/α,β-unsaturated/α-hetero) is 1. The van der Waals surface area contributed by atoms with Crippen LogP contribution in [0.1, 0.15) is 63.0 Å². The van der Waals surface area contributed by atoms with Crippen molar-refractivity contribution in [3.05, 3.63) is 81.7 Å². The van der Waals surface area contributed by atoms with Gasteiger partial charge in [0.05, 0.1) is 40.6 Å². The van der Waals surface area contributed by atoms with Crippen LogP contribution in [0.25, 0.3) is 10.1 Å². The van der Waals surface area contributed by atoms with Crippen LogP contribution >= 0.6 is 11.3 Å². The number of carbonyl (C=O) groups is 3. The number of nitriles is 1. The molecule has 0 spiro atoms. The number of aromatic hydroxyl groups is 2. The Balaban J connectivity index is 1.54. The van der Waals surface area contributed by atoms with Crippen LogP contribution in [0.4, 0.5) is 0 Å². The predicted molar refractivity (Wildman–Crippen MR) is 148 cm³/mol. The summed E-state index contributed by atoms with van der Waals surface area (Å²) >= 11 is 1.26. The van der Waals surface area contributed by atoms with Gasteiger partial charge in [-0.1, -0.05) is 50.2 Å². The number of aromatic amines is 1. The Morgan fingerprint density at radius 1 is 1.03 bits per heavy atom. The quantitative estimate of drug-likeness (QED) is 0.192. The van der Waals surface area contributed by atoms with E-state index in [9.17, 15) is 24.6 Å². The molecule has 5 N–H and O–H groups in total. The zero-order valence-corrected chi connectivity index (χ0v) is 22.4. The summed E-state index contributed by atoms with van der Waals surface area (Å²) < 4.78 is 0.806. The van der Waals surface area contributed by atoms with Crippen LogP contribution < -0.4 is 10.6 Å². The molecular formula is C29H28N4O5S. The molecule has 9 nitrogen and oxygen atoms in total. The highest BCUT2D eigenvalue weighted by Crippen LogP contribution is 2.31. The first-order chi connectivity index (χ1) is 18.6. The van der Waals surface area contributed by atoms with E-state index in [1.807, 2.05) is 6.07 Å². The molecule has 0 aliphatic carbocycles. The molecule has 2 heterocycles. The summed E-state index contributed by atoms with van der Waals surface area (Å²) in [4.78, 5) is 42.4. The van der Waals surface area contributed by atoms with Crippen molar-refractivity contribution in [3.63, 3.8) is 0 Å². The van der Waals surface area contributed by atoms with Crippen molar-refractivity contribution in [1.82, 2.24) is 15.6 Å². The van der Waals surface area contributed by atoms with E-state index >= 15 is 0 Å². The van der Waals surface area contributed by atoms with Crippen LogP contribution in [0.2, 0.25) is 0 Å². The number of thiophene rings is 1. The molecule has 2 aromatic carbocycles. The second-order valence-electron chi connectivity index (χ2n) is 9.59. The minimum absolute atomic E-state index is 0.0799. The van der Waals surface area contributed by atoms with Gasteiger partial charge in [0.2, 0.25) is 11.8 Å². The molecule has 4 rings (SSSR count). The van der Waals surface area contributed by atoms with E-state index in [0.717, 1.165) is 10.1 Å². The van der Waals surface area contributed by atoms with Gasteiger partial charge >= 0.3 is 0 Å². The Morgan fingerprint density at radius 3 is 2.36 bits per heavy atom. The maximum Gasteiger partial charge on any atom is 0.261 e. The van der Waals surface area contributed by atoms with Crippen LogP contribution in [0.15, 0.2) is 54.6 Å². The lowest BCUT2D eigenvalue weighted by molar-refractivity contribution is -0.122. The lowest BCUT2D eigenvalue weighted by atomic mass is 9.93. The highest BCUT2D eigenvalue weighted by molar-refractivity contribution is 7.20. The highest BCUT2D eigenvalue weighted by atomic mass is 32.1. The fraction of sp³-hybridized carbons (Fsp3) is 0.241. The molecule has 10 heteroatoms. The lowest BCUT2D eigenvalue weighted by Gasteiger charge is -2.24. The van der Waals surface area contributed by atoms with Crippen LogP contribution in [-0.4, -0.2) is 38.8 Å². The Bertz CT molecular complexity index is 1580. The first kappa shape index (κ1) is 27.4. The molecule has 39 heavy (non-hydrogen) atoms. The zero-order chi connectivity index (χ0) is 28.3. The van der Waals surface area contributed by atoms with E-state index in [2.05, 4.69) is 21.7 Å². The van der Waals surface area contributed by atoms with E-state index in [4.69, 9.17) is 5.26 Å². The molecule has 0 fully saturated rings. The Morgan fingerprint density at radius 2 is 1.74 bits per heavy atom. The number of benzene rings is 2. The first-order valence-corrected chi connectivity index (χ1v) is 13.1. The van der Waals surface area contributed by atoms with E-state index in [1.165, 1.54) is 18.3 Å². The highest BCUT2D eigenvalue weighted by Gasteiger charge is 2.31. The zero-order valence-electron chi connectivity index (χ0n) is 21.6. The normalized spacial score (nSPS) is 12.6. The number of H-pyrrole nitrogens is 1. The van der Waals surface area contributed by atoms with E-state index in [0.29, 0.717) is 16.0 Å². The number of nitrogens with zero attached hydrogens (tertiary/aromatic N) is 1. The average molecular weight is 545 g/mol. The topological polar surface area (TPSA) is 155 Å². The standard InChI is InChI=1S/C29H28N4O5S/c1-15(2)25(26(35)24-16(3)27(36)33-29(24)38)32-23(34)13-20(18-7-5-4-6-8-18)31-28(37)22-12-19-10-9-17(14-30)11-21(19)39-22/h4-12,15,20,25,33,36,38H,13H2,1-3H3,(H,31,37)(H,32,34)/t20-,25-/m0/s1. The molecule has 0 bridgehead atoms. The molecule has 2 aromatic heterocycles. The van der Waals surface area contributed by atoms with Gasteiger partial charge in [-0.3, -0.25) is 19.4 Å². The maximum atomic E-state index is 13.2. The second-order valence-corrected chi connectivity index (χ2v) is 10.7. The summed E-state index contributed by atoms with van der Waals surface area (Å²) in [5.74, 6) is -2.47. The maximum absolute atomic E-state index is 13.2. The van der Waals surface area contributed by atoms with Gasteiger partial charge in [0.1, 0.15) is 0 Å². The van der Waals surface area contributed by atoms with Gasteiger partial charge < -0.3 is 20.8 Å². The number of aromatic nitrogens is 1. The Kier molecular flexibility index (Phi) is 8.02. The van der Waals surface area contributed by atoms with Crippen LogP contribution in [0, 0.1) is 24.2 Å². The molecular weight excluding hydrogens is 516 g/mol. The summed E-state index contributed by atoms with van der Waals surface area (Å²) in [6.45, 7) is 5.02. The monoisotopic (exact) mass is 544 g/mol. The van der Waals surface area contributed by atoms with Crippen molar-refractivity contribution in [3.8, 4) is 17.8 Å². The molecule has 0 saturated carbocycles. The van der Waals surface area contributed by atoms with Crippen molar-refractivity contribution >= 4 is 39.0 Å². The number of carbonyl (C=O) groups excluding carboxylic acids is 3. The lowest BCUT2D eigenvalue weighted by Crippen LogP contribution is -2.45. The van der Waals surface area contributed by atoms with Crippen LogP contribution in [0.3, 0.4) is 0 Å². The number of fused-ring (bicyclic) bond motifs is 1. The summed E-state index contributed by atoms with van der Waals surface area (Å²) in [5.41, 5.74) is 1.33. The molecule has 4 aromatic rings. The number of ketones is 1. The molecule has 0 unspecified atom stereocenters. The van der Waals surface area contributed by atoms with Gasteiger partial charge in [-0.25, -0.2) is 0 Å². The van der Waals surface area contributed by atoms with Gasteiger partial charge in [0, 0.05) is 10.3 Å². The number of amides is 2. The van der Waals surface area contributed by atoms with Crippen molar-refractivity contribution in [2.45, 2.75) is 39.3 Å². The van der Waals surface area contributed by atoms with Gasteiger partial charge in [-0.15, -0.1) is 11.3 Å². The minimum Gasteiger partial charge on any atom is -0.494 e. The SMILES string of the molecule is Cc1c(O)[nH]c(O)c1C(=O)[C@@H](NC(=O)C[C@H](NC(=O)c1cc2ccc(C#N)cc2s1)c1ccccc1)C(C)C. The third-order valence-corrected chi connectivity index (χ3v) is 7.58. The van der Waals surface area contributed by atoms with Crippen molar-refractivity contribution in [1.29, 1.82) is 5.26 Å². The summed E-state index contributed by atoms with van der Waals surface area (Å²) in [7, 11) is 0. The van der Waals surface area contributed by atoms with E-state index in [-0.39, 0.29) is 35.3 Å². The summed E-state index contributed by atoms with van der Waals surface area (Å²) in [6, 6.07) is 16.4. The molecule has 0 radical (unpaired) electrons. The van der Waals surface area contributed by atoms with Gasteiger partial charge in [-0.2, -0.15) is 5.26 Å². The van der Waals surface area contributed by atoms with Crippen LogP contribution in [-0.2, 0) is 4.79 Å². The smallest absolute Gasteiger partial charge is 0.261 e. The number of hydrogen-bond acceptors (Lipinski definition) is 7. The molecule has 0 saturated heterocycles. The van der Waals surface area contributed by atoms with Crippen molar-refractivity contribution in [2.24, 2.45) is 5.92 Å². The van der Waals surface area contributed by atoms with Crippen molar-refractivity contribution in [2.75, 3.05) is 0 Å². The molecule has 0 aliphatic heterocycles. The Hall–Kier alpha value is -4.62. The first-order valence-electron chi connectivity index (χ1n) is 12.3. The van der Waals surface area contributed by atoms with E-state index < -0.39 is 29.7 Å². The molecule has 2 amide bonds. The largest absolute Gasteiger partial charge is 0.494 e. The fourth-order valence-corrected chi connectivity index (χ4v) is 5.36. The number of hydrogen-bond donors (Lipinski definition) is 5. The molecule has 0 aliphatic rings. The second kappa shape index (κ2) is 11.4.